The predicted molar refractivity (Wildman–Crippen MR) is 140 cm³/mol. The van der Waals surface area contributed by atoms with Crippen molar-refractivity contribution in [1.29, 1.82) is 0 Å². The van der Waals surface area contributed by atoms with E-state index in [9.17, 15) is 9.59 Å². The lowest BCUT2D eigenvalue weighted by Gasteiger charge is -2.18. The van der Waals surface area contributed by atoms with Gasteiger partial charge >= 0.3 is 11.9 Å². The Morgan fingerprint density at radius 3 is 1.33 bits per heavy atom. The largest absolute Gasteiger partial charge is 0.481 e. The van der Waals surface area contributed by atoms with Crippen LogP contribution in [0.4, 0.5) is 0 Å². The minimum absolute atomic E-state index is 0.00923. The maximum absolute atomic E-state index is 12.3. The Morgan fingerprint density at radius 2 is 0.909 bits per heavy atom. The van der Waals surface area contributed by atoms with Gasteiger partial charge < -0.3 is 9.84 Å². The van der Waals surface area contributed by atoms with Crippen molar-refractivity contribution in [3.05, 3.63) is 0 Å². The van der Waals surface area contributed by atoms with Crippen LogP contribution in [0.3, 0.4) is 0 Å². The fraction of sp³-hybridized carbons (Fsp3) is 0.931. The van der Waals surface area contributed by atoms with Gasteiger partial charge in [0.25, 0.3) is 0 Å². The van der Waals surface area contributed by atoms with Crippen molar-refractivity contribution in [2.24, 2.45) is 0 Å². The number of unbranched alkanes of at least 4 members (excludes halogenated alkanes) is 17. The molecule has 1 unspecified atom stereocenters. The van der Waals surface area contributed by atoms with Gasteiger partial charge in [0.15, 0.2) is 0 Å². The molecule has 1 N–H and O–H groups in total. The van der Waals surface area contributed by atoms with Crippen molar-refractivity contribution in [2.75, 3.05) is 0 Å². The molecule has 1 atom stereocenters. The molecular weight excluding hydrogens is 412 g/mol. The van der Waals surface area contributed by atoms with Crippen LogP contribution in [-0.2, 0) is 14.3 Å². The summed E-state index contributed by atoms with van der Waals surface area (Å²) >= 11 is 0. The molecule has 0 aliphatic carbocycles. The highest BCUT2D eigenvalue weighted by atomic mass is 16.5. The number of rotatable bonds is 26. The first kappa shape index (κ1) is 31.9. The zero-order valence-corrected chi connectivity index (χ0v) is 22.2. The van der Waals surface area contributed by atoms with Crippen LogP contribution in [0, 0.1) is 0 Å². The van der Waals surface area contributed by atoms with E-state index < -0.39 is 5.97 Å². The van der Waals surface area contributed by atoms with E-state index in [0.29, 0.717) is 6.42 Å². The standard InChI is InChI=1S/C29H56O4/c1-3-5-7-9-10-11-12-13-16-19-23-27(24-20-17-14-18-21-25-28(30)31)33-29(32)26-22-15-8-6-4-2/h27H,3-26H2,1-2H3,(H,30,31). The van der Waals surface area contributed by atoms with E-state index in [1.165, 1.54) is 77.0 Å². The van der Waals surface area contributed by atoms with Crippen molar-refractivity contribution in [1.82, 2.24) is 0 Å². The predicted octanol–water partition coefficient (Wildman–Crippen LogP) is 9.38. The number of carbonyl (C=O) groups excluding carboxylic acids is 1. The molecule has 0 fully saturated rings. The lowest BCUT2D eigenvalue weighted by molar-refractivity contribution is -0.150. The van der Waals surface area contributed by atoms with Gasteiger partial charge in [-0.3, -0.25) is 9.59 Å². The van der Waals surface area contributed by atoms with Crippen molar-refractivity contribution in [2.45, 2.75) is 174 Å². The Morgan fingerprint density at radius 1 is 0.545 bits per heavy atom. The average Bonchev–Trinajstić information content (AvgIpc) is 2.79. The van der Waals surface area contributed by atoms with Gasteiger partial charge in [0.05, 0.1) is 0 Å². The molecule has 0 aliphatic rings. The van der Waals surface area contributed by atoms with Gasteiger partial charge in [0.1, 0.15) is 6.10 Å². The van der Waals surface area contributed by atoms with Crippen LogP contribution in [0.1, 0.15) is 168 Å². The second kappa shape index (κ2) is 25.6. The van der Waals surface area contributed by atoms with Crippen molar-refractivity contribution in [3.63, 3.8) is 0 Å². The van der Waals surface area contributed by atoms with E-state index in [1.54, 1.807) is 0 Å². The Kier molecular flexibility index (Phi) is 24.7. The molecule has 196 valence electrons. The van der Waals surface area contributed by atoms with E-state index in [0.717, 1.165) is 64.2 Å². The molecule has 33 heavy (non-hydrogen) atoms. The lowest BCUT2D eigenvalue weighted by Crippen LogP contribution is -2.18. The quantitative estimate of drug-likeness (QED) is 0.101. The molecule has 0 aromatic rings. The van der Waals surface area contributed by atoms with Crippen LogP contribution in [-0.4, -0.2) is 23.1 Å². The molecule has 0 aromatic carbocycles. The molecule has 0 bridgehead atoms. The Balaban J connectivity index is 4.03. The minimum Gasteiger partial charge on any atom is -0.481 e. The van der Waals surface area contributed by atoms with E-state index >= 15 is 0 Å². The summed E-state index contributed by atoms with van der Waals surface area (Å²) in [6.07, 6.45) is 26.9. The third kappa shape index (κ3) is 25.4. The highest BCUT2D eigenvalue weighted by molar-refractivity contribution is 5.69. The molecule has 0 saturated heterocycles. The van der Waals surface area contributed by atoms with Gasteiger partial charge in [-0.15, -0.1) is 0 Å². The molecule has 4 heteroatoms. The summed E-state index contributed by atoms with van der Waals surface area (Å²) in [5.74, 6) is -0.710. The maximum atomic E-state index is 12.3. The monoisotopic (exact) mass is 468 g/mol. The van der Waals surface area contributed by atoms with E-state index in [1.807, 2.05) is 0 Å². The summed E-state index contributed by atoms with van der Waals surface area (Å²) < 4.78 is 5.88. The molecular formula is C29H56O4. The molecule has 0 heterocycles. The van der Waals surface area contributed by atoms with Gasteiger partial charge in [-0.1, -0.05) is 117 Å². The van der Waals surface area contributed by atoms with Crippen molar-refractivity contribution in [3.8, 4) is 0 Å². The van der Waals surface area contributed by atoms with Crippen LogP contribution < -0.4 is 0 Å². The number of carboxylic acids is 1. The summed E-state index contributed by atoms with van der Waals surface area (Å²) in [7, 11) is 0. The van der Waals surface area contributed by atoms with Gasteiger partial charge in [0.2, 0.25) is 0 Å². The normalized spacial score (nSPS) is 12.1. The Hall–Kier alpha value is -1.06. The second-order valence-electron chi connectivity index (χ2n) is 9.95. The summed E-state index contributed by atoms with van der Waals surface area (Å²) in [5.41, 5.74) is 0. The SMILES string of the molecule is CCCCCCCCCCCCC(CCCCCCCC(=O)O)OC(=O)CCCCCCC. The van der Waals surface area contributed by atoms with Crippen LogP contribution in [0.25, 0.3) is 0 Å². The molecule has 0 saturated carbocycles. The van der Waals surface area contributed by atoms with Crippen LogP contribution in [0.2, 0.25) is 0 Å². The zero-order chi connectivity index (χ0) is 24.4. The topological polar surface area (TPSA) is 63.6 Å². The second-order valence-corrected chi connectivity index (χ2v) is 9.95. The summed E-state index contributed by atoms with van der Waals surface area (Å²) in [6, 6.07) is 0. The van der Waals surface area contributed by atoms with Gasteiger partial charge in [-0.2, -0.15) is 0 Å². The lowest BCUT2D eigenvalue weighted by atomic mass is 10.0. The number of ether oxygens (including phenoxy) is 1. The van der Waals surface area contributed by atoms with Crippen LogP contribution >= 0.6 is 0 Å². The fourth-order valence-corrected chi connectivity index (χ4v) is 4.42. The molecule has 0 aromatic heterocycles. The van der Waals surface area contributed by atoms with Crippen molar-refractivity contribution < 1.29 is 19.4 Å². The summed E-state index contributed by atoms with van der Waals surface area (Å²) in [4.78, 5) is 22.9. The number of hydrogen-bond acceptors (Lipinski definition) is 3. The average molecular weight is 469 g/mol. The highest BCUT2D eigenvalue weighted by Crippen LogP contribution is 2.18. The first-order valence-electron chi connectivity index (χ1n) is 14.5. The third-order valence-electron chi connectivity index (χ3n) is 6.58. The molecule has 0 rings (SSSR count). The third-order valence-corrected chi connectivity index (χ3v) is 6.58. The first-order valence-corrected chi connectivity index (χ1v) is 14.5. The summed E-state index contributed by atoms with van der Waals surface area (Å²) in [6.45, 7) is 4.47. The van der Waals surface area contributed by atoms with Gasteiger partial charge in [-0.25, -0.2) is 0 Å². The first-order chi connectivity index (χ1) is 16.1. The zero-order valence-electron chi connectivity index (χ0n) is 22.2. The molecule has 0 aliphatic heterocycles. The number of hydrogen-bond donors (Lipinski definition) is 1. The summed E-state index contributed by atoms with van der Waals surface area (Å²) in [5, 5.41) is 8.72. The molecule has 0 radical (unpaired) electrons. The van der Waals surface area contributed by atoms with Crippen LogP contribution in [0.5, 0.6) is 0 Å². The van der Waals surface area contributed by atoms with Crippen molar-refractivity contribution >= 4 is 11.9 Å². The Labute approximate surface area is 205 Å². The van der Waals surface area contributed by atoms with Gasteiger partial charge in [-0.05, 0) is 38.5 Å². The number of carbonyl (C=O) groups is 2. The highest BCUT2D eigenvalue weighted by Gasteiger charge is 2.14. The minimum atomic E-state index is -0.701. The molecule has 0 amide bonds. The molecule has 0 spiro atoms. The van der Waals surface area contributed by atoms with E-state index in [-0.39, 0.29) is 18.5 Å². The maximum Gasteiger partial charge on any atom is 0.306 e. The Bertz CT molecular complexity index is 435. The van der Waals surface area contributed by atoms with E-state index in [2.05, 4.69) is 13.8 Å². The fourth-order valence-electron chi connectivity index (χ4n) is 4.42. The number of carboxylic acid groups (broad SMARTS) is 1. The smallest absolute Gasteiger partial charge is 0.306 e. The van der Waals surface area contributed by atoms with Gasteiger partial charge in [0, 0.05) is 12.8 Å². The molecule has 4 nitrogen and oxygen atoms in total. The number of esters is 1. The number of aliphatic carboxylic acids is 1. The van der Waals surface area contributed by atoms with Crippen LogP contribution in [0.15, 0.2) is 0 Å². The van der Waals surface area contributed by atoms with E-state index in [4.69, 9.17) is 9.84 Å².